The van der Waals surface area contributed by atoms with E-state index < -0.39 is 5.54 Å². The summed E-state index contributed by atoms with van der Waals surface area (Å²) in [5, 5.41) is 15.8. The number of amides is 1. The van der Waals surface area contributed by atoms with Crippen molar-refractivity contribution in [1.82, 2.24) is 15.5 Å². The minimum Gasteiger partial charge on any atom is -0.484 e. The molecule has 0 saturated heterocycles. The first-order valence-electron chi connectivity index (χ1n) is 7.76. The summed E-state index contributed by atoms with van der Waals surface area (Å²) in [4.78, 5) is 16.1. The van der Waals surface area contributed by atoms with Crippen LogP contribution in [0.1, 0.15) is 25.7 Å². The third-order valence-electron chi connectivity index (χ3n) is 4.04. The number of hydrogen-bond acceptors (Lipinski definition) is 6. The summed E-state index contributed by atoms with van der Waals surface area (Å²) < 4.78 is 10.4. The number of nitrogens with one attached hydrogen (secondary N) is 1. The van der Waals surface area contributed by atoms with Gasteiger partial charge in [0.1, 0.15) is 11.3 Å². The number of benzene rings is 1. The van der Waals surface area contributed by atoms with Crippen LogP contribution in [0.25, 0.3) is 11.4 Å². The summed E-state index contributed by atoms with van der Waals surface area (Å²) in [7, 11) is 0. The highest BCUT2D eigenvalue weighted by Gasteiger charge is 2.43. The van der Waals surface area contributed by atoms with Gasteiger partial charge in [-0.05, 0) is 49.9 Å². The number of aryl methyl sites for hydroxylation is 1. The van der Waals surface area contributed by atoms with Crippen molar-refractivity contribution in [2.75, 3.05) is 6.61 Å². The van der Waals surface area contributed by atoms with Gasteiger partial charge in [-0.15, -0.1) is 0 Å². The monoisotopic (exact) mass is 326 g/mol. The van der Waals surface area contributed by atoms with E-state index in [0.29, 0.717) is 17.5 Å². The summed E-state index contributed by atoms with van der Waals surface area (Å²) in [5.41, 5.74) is -0.00437. The Balaban J connectivity index is 1.55. The Morgan fingerprint density at radius 2 is 2.17 bits per heavy atom. The molecule has 1 aromatic heterocycles. The molecule has 1 aliphatic carbocycles. The van der Waals surface area contributed by atoms with E-state index >= 15 is 0 Å². The second-order valence-corrected chi connectivity index (χ2v) is 6.09. The standard InChI is InChI=1S/C17H18N4O3/c1-11-19-16(21-24-11)12-3-7-14(8-4-12)23-9-15(22)20-17(2,10-18)13-5-6-13/h3-4,7-8,13H,5-6,9H2,1-2H3,(H,20,22)/t17-/m1/s1. The van der Waals surface area contributed by atoms with Gasteiger partial charge in [0, 0.05) is 12.5 Å². The minimum atomic E-state index is -0.805. The zero-order chi connectivity index (χ0) is 17.2. The first-order chi connectivity index (χ1) is 11.5. The smallest absolute Gasteiger partial charge is 0.259 e. The van der Waals surface area contributed by atoms with Crippen LogP contribution in [0.15, 0.2) is 28.8 Å². The SMILES string of the molecule is Cc1nc(-c2ccc(OCC(=O)N[C@](C)(C#N)C3CC3)cc2)no1. The van der Waals surface area contributed by atoms with Crippen molar-refractivity contribution in [1.29, 1.82) is 5.26 Å². The van der Waals surface area contributed by atoms with Crippen molar-refractivity contribution in [3.05, 3.63) is 30.2 Å². The second-order valence-electron chi connectivity index (χ2n) is 6.09. The van der Waals surface area contributed by atoms with Crippen molar-refractivity contribution in [2.24, 2.45) is 5.92 Å². The van der Waals surface area contributed by atoms with E-state index in [-0.39, 0.29) is 18.4 Å². The van der Waals surface area contributed by atoms with Crippen LogP contribution in [-0.2, 0) is 4.79 Å². The maximum absolute atomic E-state index is 12.0. The molecule has 0 radical (unpaired) electrons. The van der Waals surface area contributed by atoms with Gasteiger partial charge in [0.05, 0.1) is 6.07 Å². The highest BCUT2D eigenvalue weighted by atomic mass is 16.5. The molecule has 1 aliphatic rings. The van der Waals surface area contributed by atoms with Gasteiger partial charge < -0.3 is 14.6 Å². The van der Waals surface area contributed by atoms with E-state index in [4.69, 9.17) is 9.26 Å². The van der Waals surface area contributed by atoms with Crippen molar-refractivity contribution < 1.29 is 14.1 Å². The van der Waals surface area contributed by atoms with Crippen molar-refractivity contribution in [3.63, 3.8) is 0 Å². The summed E-state index contributed by atoms with van der Waals surface area (Å²) >= 11 is 0. The van der Waals surface area contributed by atoms with Crippen molar-refractivity contribution >= 4 is 5.91 Å². The molecule has 0 spiro atoms. The van der Waals surface area contributed by atoms with Crippen molar-refractivity contribution in [2.45, 2.75) is 32.2 Å². The van der Waals surface area contributed by atoms with Crippen LogP contribution in [0, 0.1) is 24.2 Å². The molecule has 1 amide bonds. The molecule has 1 aromatic carbocycles. The number of carbonyl (C=O) groups is 1. The number of carbonyl (C=O) groups excluding carboxylic acids is 1. The minimum absolute atomic E-state index is 0.134. The first-order valence-corrected chi connectivity index (χ1v) is 7.76. The van der Waals surface area contributed by atoms with Crippen molar-refractivity contribution in [3.8, 4) is 23.2 Å². The highest BCUT2D eigenvalue weighted by molar-refractivity contribution is 5.79. The Morgan fingerprint density at radius 3 is 2.71 bits per heavy atom. The Labute approximate surface area is 139 Å². The van der Waals surface area contributed by atoms with E-state index in [1.807, 2.05) is 0 Å². The largest absolute Gasteiger partial charge is 0.484 e. The lowest BCUT2D eigenvalue weighted by atomic mass is 9.98. The molecular weight excluding hydrogens is 308 g/mol. The molecule has 3 rings (SSSR count). The fourth-order valence-electron chi connectivity index (χ4n) is 2.47. The van der Waals surface area contributed by atoms with Crippen LogP contribution < -0.4 is 10.1 Å². The molecule has 0 unspecified atom stereocenters. The van der Waals surface area contributed by atoms with Crippen LogP contribution in [0.2, 0.25) is 0 Å². The summed E-state index contributed by atoms with van der Waals surface area (Å²) in [5.74, 6) is 1.50. The molecule has 2 aromatic rings. The molecule has 1 saturated carbocycles. The van der Waals surface area contributed by atoms with E-state index in [0.717, 1.165) is 18.4 Å². The van der Waals surface area contributed by atoms with Crippen LogP contribution in [0.3, 0.4) is 0 Å². The molecule has 24 heavy (non-hydrogen) atoms. The summed E-state index contributed by atoms with van der Waals surface area (Å²) in [6.45, 7) is 3.35. The number of nitrogens with zero attached hydrogens (tertiary/aromatic N) is 3. The Hall–Kier alpha value is -2.88. The molecule has 124 valence electrons. The molecule has 0 bridgehead atoms. The second kappa shape index (κ2) is 6.32. The Bertz CT molecular complexity index is 774. The number of ether oxygens (including phenoxy) is 1. The normalized spacial score (nSPS) is 16.0. The van der Waals surface area contributed by atoms with Crippen LogP contribution in [0.5, 0.6) is 5.75 Å². The topological polar surface area (TPSA) is 101 Å². The molecular formula is C17H18N4O3. The summed E-state index contributed by atoms with van der Waals surface area (Å²) in [6, 6.07) is 9.24. The number of rotatable bonds is 6. The molecule has 7 heteroatoms. The van der Waals surface area contributed by atoms with Gasteiger partial charge in [-0.3, -0.25) is 4.79 Å². The van der Waals surface area contributed by atoms with Gasteiger partial charge in [-0.1, -0.05) is 5.16 Å². The maximum atomic E-state index is 12.0. The molecule has 0 aliphatic heterocycles. The van der Waals surface area contributed by atoms with Crippen LogP contribution >= 0.6 is 0 Å². The van der Waals surface area contributed by atoms with Crippen LogP contribution in [-0.4, -0.2) is 28.2 Å². The highest BCUT2D eigenvalue weighted by Crippen LogP contribution is 2.39. The molecule has 1 N–H and O–H groups in total. The third kappa shape index (κ3) is 3.54. The zero-order valence-corrected chi connectivity index (χ0v) is 13.6. The Kier molecular flexibility index (Phi) is 4.21. The van der Waals surface area contributed by atoms with E-state index in [1.54, 1.807) is 38.1 Å². The molecule has 1 fully saturated rings. The van der Waals surface area contributed by atoms with E-state index in [2.05, 4.69) is 21.5 Å². The van der Waals surface area contributed by atoms with E-state index in [9.17, 15) is 10.1 Å². The molecule has 1 heterocycles. The number of hydrogen-bond donors (Lipinski definition) is 1. The maximum Gasteiger partial charge on any atom is 0.259 e. The first kappa shape index (κ1) is 16.0. The Morgan fingerprint density at radius 1 is 1.46 bits per heavy atom. The predicted molar refractivity (Wildman–Crippen MR) is 84.9 cm³/mol. The van der Waals surface area contributed by atoms with Gasteiger partial charge in [-0.2, -0.15) is 10.2 Å². The van der Waals surface area contributed by atoms with Crippen LogP contribution in [0.4, 0.5) is 0 Å². The zero-order valence-electron chi connectivity index (χ0n) is 13.6. The third-order valence-corrected chi connectivity index (χ3v) is 4.04. The fraction of sp³-hybridized carbons (Fsp3) is 0.412. The lowest BCUT2D eigenvalue weighted by Crippen LogP contribution is -2.48. The quantitative estimate of drug-likeness (QED) is 0.873. The number of aromatic nitrogens is 2. The lowest BCUT2D eigenvalue weighted by Gasteiger charge is -2.22. The van der Waals surface area contributed by atoms with Gasteiger partial charge in [0.2, 0.25) is 11.7 Å². The van der Waals surface area contributed by atoms with Gasteiger partial charge in [0.15, 0.2) is 6.61 Å². The number of nitriles is 1. The fourth-order valence-corrected chi connectivity index (χ4v) is 2.47. The van der Waals surface area contributed by atoms with E-state index in [1.165, 1.54) is 0 Å². The molecule has 1 atom stereocenters. The average Bonchev–Trinajstić information content (AvgIpc) is 3.36. The lowest BCUT2D eigenvalue weighted by molar-refractivity contribution is -0.124. The summed E-state index contributed by atoms with van der Waals surface area (Å²) in [6.07, 6.45) is 1.95. The van der Waals surface area contributed by atoms with Gasteiger partial charge in [-0.25, -0.2) is 0 Å². The molecule has 7 nitrogen and oxygen atoms in total. The predicted octanol–water partition coefficient (Wildman–Crippen LogP) is 2.23. The van der Waals surface area contributed by atoms with Gasteiger partial charge >= 0.3 is 0 Å². The van der Waals surface area contributed by atoms with Gasteiger partial charge in [0.25, 0.3) is 5.91 Å². The average molecular weight is 326 g/mol.